The first-order chi connectivity index (χ1) is 11.9. The van der Waals surface area contributed by atoms with Crippen LogP contribution in [0.2, 0.25) is 0 Å². The topological polar surface area (TPSA) is 91.2 Å². The molecule has 0 aliphatic heterocycles. The first kappa shape index (κ1) is 17.1. The Balaban J connectivity index is 2.06. The maximum absolute atomic E-state index is 12.9. The van der Waals surface area contributed by atoms with Gasteiger partial charge in [-0.2, -0.15) is 0 Å². The van der Waals surface area contributed by atoms with E-state index in [-0.39, 0.29) is 23.6 Å². The summed E-state index contributed by atoms with van der Waals surface area (Å²) in [5.41, 5.74) is 1.63. The molecule has 0 unspecified atom stereocenters. The number of nitrogens with zero attached hydrogens (tertiary/aromatic N) is 3. The van der Waals surface area contributed by atoms with Gasteiger partial charge in [-0.1, -0.05) is 17.7 Å². The largest absolute Gasteiger partial charge is 0.466 e. The summed E-state index contributed by atoms with van der Waals surface area (Å²) in [5.74, 6) is -0.420. The first-order valence-corrected chi connectivity index (χ1v) is 9.16. The number of aromatic nitrogens is 3. The minimum atomic E-state index is -3.78. The van der Waals surface area contributed by atoms with Crippen LogP contribution in [0.4, 0.5) is 0 Å². The Hall–Kier alpha value is -2.74. The average molecular weight is 359 g/mol. The van der Waals surface area contributed by atoms with Gasteiger partial charge in [0.05, 0.1) is 23.6 Å². The highest BCUT2D eigenvalue weighted by Gasteiger charge is 2.21. The van der Waals surface area contributed by atoms with Crippen LogP contribution in [0.1, 0.15) is 18.2 Å². The Labute approximate surface area is 145 Å². The van der Waals surface area contributed by atoms with Gasteiger partial charge >= 0.3 is 5.97 Å². The molecule has 0 spiro atoms. The number of benzene rings is 1. The van der Waals surface area contributed by atoms with E-state index < -0.39 is 16.0 Å². The quantitative estimate of drug-likeness (QED) is 0.648. The van der Waals surface area contributed by atoms with E-state index >= 15 is 0 Å². The van der Waals surface area contributed by atoms with Gasteiger partial charge in [-0.05, 0) is 32.0 Å². The number of ether oxygens (including phenoxy) is 1. The zero-order valence-electron chi connectivity index (χ0n) is 13.8. The summed E-state index contributed by atoms with van der Waals surface area (Å²) >= 11 is 0. The number of carbonyl (C=O) groups is 1. The molecule has 0 saturated heterocycles. The molecule has 25 heavy (non-hydrogen) atoms. The van der Waals surface area contributed by atoms with Crippen LogP contribution in [-0.4, -0.2) is 34.9 Å². The number of carbonyl (C=O) groups excluding carboxylic acids is 1. The van der Waals surface area contributed by atoms with Crippen molar-refractivity contribution >= 4 is 27.0 Å². The highest BCUT2D eigenvalue weighted by atomic mass is 32.2. The smallest absolute Gasteiger partial charge is 0.311 e. The van der Waals surface area contributed by atoms with E-state index in [0.29, 0.717) is 11.1 Å². The van der Waals surface area contributed by atoms with Crippen LogP contribution >= 0.6 is 0 Å². The lowest BCUT2D eigenvalue weighted by molar-refractivity contribution is -0.142. The average Bonchev–Trinajstić information content (AvgIpc) is 3.01. The molecule has 0 amide bonds. The lowest BCUT2D eigenvalue weighted by atomic mass is 10.2. The summed E-state index contributed by atoms with van der Waals surface area (Å²) in [6.07, 6.45) is 2.63. The van der Waals surface area contributed by atoms with Gasteiger partial charge in [-0.15, -0.1) is 0 Å². The van der Waals surface area contributed by atoms with Crippen molar-refractivity contribution in [2.45, 2.75) is 25.2 Å². The van der Waals surface area contributed by atoms with Crippen molar-refractivity contribution in [3.8, 4) is 0 Å². The Kier molecular flexibility index (Phi) is 4.54. The van der Waals surface area contributed by atoms with Gasteiger partial charge in [0, 0.05) is 11.6 Å². The number of hydrogen-bond donors (Lipinski definition) is 0. The summed E-state index contributed by atoms with van der Waals surface area (Å²) in [7, 11) is -3.78. The predicted octanol–water partition coefficient (Wildman–Crippen LogP) is 2.08. The molecule has 1 aromatic carbocycles. The molecule has 130 valence electrons. The third-order valence-electron chi connectivity index (χ3n) is 3.73. The van der Waals surface area contributed by atoms with E-state index in [4.69, 9.17) is 4.74 Å². The molecule has 3 aromatic rings. The number of aryl methyl sites for hydroxylation is 1. The summed E-state index contributed by atoms with van der Waals surface area (Å²) in [6, 6.07) is 8.17. The molecule has 0 radical (unpaired) electrons. The molecular weight excluding hydrogens is 342 g/mol. The first-order valence-electron chi connectivity index (χ1n) is 7.72. The van der Waals surface area contributed by atoms with Gasteiger partial charge in [0.2, 0.25) is 0 Å². The second kappa shape index (κ2) is 6.64. The monoisotopic (exact) mass is 359 g/mol. The molecule has 0 fully saturated rings. The predicted molar refractivity (Wildman–Crippen MR) is 91.6 cm³/mol. The number of rotatable bonds is 5. The molecule has 0 bridgehead atoms. The van der Waals surface area contributed by atoms with E-state index in [1.807, 2.05) is 6.92 Å². The molecule has 0 N–H and O–H groups in total. The maximum atomic E-state index is 12.9. The van der Waals surface area contributed by atoms with Gasteiger partial charge < -0.3 is 4.74 Å². The lowest BCUT2D eigenvalue weighted by Crippen LogP contribution is -2.13. The molecule has 0 aliphatic carbocycles. The van der Waals surface area contributed by atoms with Crippen molar-refractivity contribution < 1.29 is 17.9 Å². The number of esters is 1. The highest BCUT2D eigenvalue weighted by molar-refractivity contribution is 7.90. The van der Waals surface area contributed by atoms with Crippen molar-refractivity contribution in [2.24, 2.45) is 0 Å². The summed E-state index contributed by atoms with van der Waals surface area (Å²) in [4.78, 5) is 20.0. The third kappa shape index (κ3) is 3.25. The summed E-state index contributed by atoms with van der Waals surface area (Å²) < 4.78 is 31.8. The molecule has 0 atom stereocenters. The van der Waals surface area contributed by atoms with Crippen molar-refractivity contribution in [3.63, 3.8) is 0 Å². The Bertz CT molecular complexity index is 1020. The second-order valence-corrected chi connectivity index (χ2v) is 7.28. The van der Waals surface area contributed by atoms with Gasteiger partial charge in [0.1, 0.15) is 6.33 Å². The van der Waals surface area contributed by atoms with Crippen LogP contribution in [0.3, 0.4) is 0 Å². The zero-order valence-corrected chi connectivity index (χ0v) is 14.7. The minimum absolute atomic E-state index is 0.0402. The summed E-state index contributed by atoms with van der Waals surface area (Å²) in [6.45, 7) is 3.88. The van der Waals surface area contributed by atoms with Crippen LogP contribution in [-0.2, 0) is 26.0 Å². The standard InChI is InChI=1S/C17H17N3O4S/c1-3-24-16(21)10-15-14-8-9-20(17(14)19-11-18-15)25(22,23)13-6-4-12(2)5-7-13/h4-9,11H,3,10H2,1-2H3. The van der Waals surface area contributed by atoms with E-state index in [1.54, 1.807) is 37.3 Å². The third-order valence-corrected chi connectivity index (χ3v) is 5.41. The molecule has 2 aromatic heterocycles. The Morgan fingerprint density at radius 3 is 2.56 bits per heavy atom. The fourth-order valence-corrected chi connectivity index (χ4v) is 3.79. The number of hydrogen-bond acceptors (Lipinski definition) is 6. The fraction of sp³-hybridized carbons (Fsp3) is 0.235. The molecule has 2 heterocycles. The molecule has 0 saturated carbocycles. The summed E-state index contributed by atoms with van der Waals surface area (Å²) in [5, 5.41) is 0.506. The fourth-order valence-electron chi connectivity index (χ4n) is 2.49. The van der Waals surface area contributed by atoms with Gasteiger partial charge in [0.15, 0.2) is 5.65 Å². The molecule has 0 aliphatic rings. The zero-order chi connectivity index (χ0) is 18.0. The molecular formula is C17H17N3O4S. The Morgan fingerprint density at radius 2 is 1.88 bits per heavy atom. The second-order valence-electron chi connectivity index (χ2n) is 5.47. The van der Waals surface area contributed by atoms with E-state index in [2.05, 4.69) is 9.97 Å². The lowest BCUT2D eigenvalue weighted by Gasteiger charge is -2.08. The minimum Gasteiger partial charge on any atom is -0.466 e. The van der Waals surface area contributed by atoms with Crippen molar-refractivity contribution in [1.29, 1.82) is 0 Å². The van der Waals surface area contributed by atoms with Crippen LogP contribution in [0, 0.1) is 6.92 Å². The van der Waals surface area contributed by atoms with E-state index in [0.717, 1.165) is 9.54 Å². The maximum Gasteiger partial charge on any atom is 0.311 e. The molecule has 3 rings (SSSR count). The normalized spacial score (nSPS) is 11.6. The Morgan fingerprint density at radius 1 is 1.16 bits per heavy atom. The number of fused-ring (bicyclic) bond motifs is 1. The van der Waals surface area contributed by atoms with E-state index in [9.17, 15) is 13.2 Å². The SMILES string of the molecule is CCOC(=O)Cc1ncnc2c1ccn2S(=O)(=O)c1ccc(C)cc1. The van der Waals surface area contributed by atoms with Crippen LogP contribution in [0.25, 0.3) is 11.0 Å². The highest BCUT2D eigenvalue weighted by Crippen LogP contribution is 2.22. The van der Waals surface area contributed by atoms with Crippen molar-refractivity contribution in [1.82, 2.24) is 13.9 Å². The van der Waals surface area contributed by atoms with Gasteiger partial charge in [-0.25, -0.2) is 22.4 Å². The van der Waals surface area contributed by atoms with Crippen molar-refractivity contribution in [3.05, 3.63) is 54.1 Å². The van der Waals surface area contributed by atoms with Crippen LogP contribution in [0.15, 0.2) is 47.8 Å². The van der Waals surface area contributed by atoms with Gasteiger partial charge in [-0.3, -0.25) is 4.79 Å². The molecule has 7 nitrogen and oxygen atoms in total. The molecule has 8 heteroatoms. The van der Waals surface area contributed by atoms with Crippen LogP contribution in [0.5, 0.6) is 0 Å². The van der Waals surface area contributed by atoms with Gasteiger partial charge in [0.25, 0.3) is 10.0 Å². The van der Waals surface area contributed by atoms with Crippen molar-refractivity contribution in [2.75, 3.05) is 6.61 Å². The van der Waals surface area contributed by atoms with Crippen LogP contribution < -0.4 is 0 Å². The van der Waals surface area contributed by atoms with E-state index in [1.165, 1.54) is 12.5 Å².